The van der Waals surface area contributed by atoms with E-state index >= 15 is 0 Å². The Morgan fingerprint density at radius 3 is 2.35 bits per heavy atom. The van der Waals surface area contributed by atoms with Crippen molar-refractivity contribution in [2.45, 2.75) is 51.9 Å². The van der Waals surface area contributed by atoms with Crippen molar-refractivity contribution in [1.82, 2.24) is 10.6 Å². The molecule has 0 aromatic rings. The number of rotatable bonds is 7. The number of ether oxygens (including phenoxy) is 2. The van der Waals surface area contributed by atoms with Crippen molar-refractivity contribution in [3.05, 3.63) is 0 Å². The minimum atomic E-state index is -0.348. The molecular weight excluding hydrogens is 220 g/mol. The number of nitrogens with one attached hydrogen (secondary N) is 2. The number of amides is 2. The van der Waals surface area contributed by atoms with Gasteiger partial charge in [0.25, 0.3) is 0 Å². The van der Waals surface area contributed by atoms with E-state index in [4.69, 9.17) is 9.47 Å². The summed E-state index contributed by atoms with van der Waals surface area (Å²) in [6, 6.07) is 0.217. The van der Waals surface area contributed by atoms with Gasteiger partial charge in [0.15, 0.2) is 6.29 Å². The molecule has 0 aliphatic heterocycles. The molecule has 0 heterocycles. The van der Waals surface area contributed by atoms with Crippen molar-refractivity contribution >= 4 is 6.03 Å². The summed E-state index contributed by atoms with van der Waals surface area (Å²) >= 11 is 0. The lowest BCUT2D eigenvalue weighted by molar-refractivity contribution is -0.131. The first-order valence-corrected chi connectivity index (χ1v) is 6.53. The highest BCUT2D eigenvalue weighted by Gasteiger charge is 2.17. The molecule has 1 aliphatic rings. The second kappa shape index (κ2) is 8.31. The van der Waals surface area contributed by atoms with Crippen LogP contribution in [0.15, 0.2) is 0 Å². The van der Waals surface area contributed by atoms with Crippen LogP contribution in [0.4, 0.5) is 4.79 Å². The van der Waals surface area contributed by atoms with Crippen molar-refractivity contribution in [1.29, 1.82) is 0 Å². The fraction of sp³-hybridized carbons (Fsp3) is 0.917. The Kier molecular flexibility index (Phi) is 6.96. The van der Waals surface area contributed by atoms with Gasteiger partial charge in [0, 0.05) is 19.3 Å². The molecule has 0 spiro atoms. The topological polar surface area (TPSA) is 59.6 Å². The van der Waals surface area contributed by atoms with Gasteiger partial charge >= 0.3 is 6.03 Å². The van der Waals surface area contributed by atoms with Crippen molar-refractivity contribution in [2.24, 2.45) is 0 Å². The summed E-state index contributed by atoms with van der Waals surface area (Å²) in [6.45, 7) is 5.36. The molecule has 1 aliphatic carbocycles. The van der Waals surface area contributed by atoms with Crippen molar-refractivity contribution in [3.8, 4) is 0 Å². The molecule has 5 heteroatoms. The largest absolute Gasteiger partial charge is 0.351 e. The first kappa shape index (κ1) is 14.3. The number of carbonyl (C=O) groups excluding carboxylic acids is 1. The minimum absolute atomic E-state index is 0.124. The number of urea groups is 1. The summed E-state index contributed by atoms with van der Waals surface area (Å²) < 4.78 is 10.7. The van der Waals surface area contributed by atoms with Crippen molar-refractivity contribution < 1.29 is 14.3 Å². The molecule has 2 N–H and O–H groups in total. The maximum Gasteiger partial charge on any atom is 0.315 e. The zero-order chi connectivity index (χ0) is 12.5. The van der Waals surface area contributed by atoms with E-state index in [1.54, 1.807) is 0 Å². The van der Waals surface area contributed by atoms with Gasteiger partial charge in [-0.25, -0.2) is 4.79 Å². The third kappa shape index (κ3) is 5.89. The van der Waals surface area contributed by atoms with Gasteiger partial charge in [-0.05, 0) is 26.7 Å². The molecular formula is C12H24N2O3. The molecule has 0 radical (unpaired) electrons. The minimum Gasteiger partial charge on any atom is -0.351 e. The van der Waals surface area contributed by atoms with Crippen LogP contribution in [0.25, 0.3) is 0 Å². The van der Waals surface area contributed by atoms with Crippen LogP contribution in [-0.2, 0) is 9.47 Å². The van der Waals surface area contributed by atoms with Gasteiger partial charge in [0.1, 0.15) is 0 Å². The second-order valence-electron chi connectivity index (χ2n) is 4.18. The summed E-state index contributed by atoms with van der Waals surface area (Å²) in [4.78, 5) is 11.6. The number of hydrogen-bond acceptors (Lipinski definition) is 3. The van der Waals surface area contributed by atoms with Crippen LogP contribution >= 0.6 is 0 Å². The van der Waals surface area contributed by atoms with Crippen LogP contribution < -0.4 is 10.6 Å². The number of hydrogen-bond donors (Lipinski definition) is 2. The molecule has 17 heavy (non-hydrogen) atoms. The van der Waals surface area contributed by atoms with Crippen LogP contribution in [-0.4, -0.2) is 38.1 Å². The fourth-order valence-corrected chi connectivity index (χ4v) is 2.02. The standard InChI is InChI=1S/C12H24N2O3/c1-3-16-11(17-4-2)9-13-12(15)14-10-7-5-6-8-10/h10-11H,3-9H2,1-2H3,(H2,13,14,15). The summed E-state index contributed by atoms with van der Waals surface area (Å²) in [6.07, 6.45) is 4.26. The summed E-state index contributed by atoms with van der Waals surface area (Å²) in [5, 5.41) is 5.74. The highest BCUT2D eigenvalue weighted by molar-refractivity contribution is 5.74. The van der Waals surface area contributed by atoms with E-state index in [-0.39, 0.29) is 12.3 Å². The monoisotopic (exact) mass is 244 g/mol. The maximum absolute atomic E-state index is 11.6. The molecule has 0 unspecified atom stereocenters. The lowest BCUT2D eigenvalue weighted by atomic mass is 10.2. The smallest absolute Gasteiger partial charge is 0.315 e. The van der Waals surface area contributed by atoms with Gasteiger partial charge in [0.05, 0.1) is 6.54 Å². The Balaban J connectivity index is 2.15. The lowest BCUT2D eigenvalue weighted by Crippen LogP contribution is -2.44. The van der Waals surface area contributed by atoms with Crippen LogP contribution in [0, 0.1) is 0 Å². The van der Waals surface area contributed by atoms with E-state index in [9.17, 15) is 4.79 Å². The quantitative estimate of drug-likeness (QED) is 0.669. The predicted molar refractivity (Wildman–Crippen MR) is 65.8 cm³/mol. The zero-order valence-electron chi connectivity index (χ0n) is 10.8. The Labute approximate surface area is 103 Å². The van der Waals surface area contributed by atoms with E-state index in [0.29, 0.717) is 25.8 Å². The normalized spacial score (nSPS) is 16.4. The number of carbonyl (C=O) groups is 1. The SMILES string of the molecule is CCOC(CNC(=O)NC1CCCC1)OCC. The molecule has 5 nitrogen and oxygen atoms in total. The van der Waals surface area contributed by atoms with Gasteiger partial charge in [-0.15, -0.1) is 0 Å². The predicted octanol–water partition coefficient (Wildman–Crippen LogP) is 1.63. The third-order valence-electron chi connectivity index (χ3n) is 2.82. The highest BCUT2D eigenvalue weighted by Crippen LogP contribution is 2.17. The first-order chi connectivity index (χ1) is 8.26. The van der Waals surface area contributed by atoms with Crippen LogP contribution in [0.3, 0.4) is 0 Å². The van der Waals surface area contributed by atoms with Crippen LogP contribution in [0.1, 0.15) is 39.5 Å². The second-order valence-corrected chi connectivity index (χ2v) is 4.18. The summed E-state index contributed by atoms with van der Waals surface area (Å²) in [5.41, 5.74) is 0. The van der Waals surface area contributed by atoms with Crippen LogP contribution in [0.5, 0.6) is 0 Å². The van der Waals surface area contributed by atoms with E-state index in [0.717, 1.165) is 12.8 Å². The summed E-state index contributed by atoms with van der Waals surface area (Å²) in [5.74, 6) is 0. The van der Waals surface area contributed by atoms with Gasteiger partial charge in [-0.1, -0.05) is 12.8 Å². The molecule has 1 fully saturated rings. The highest BCUT2D eigenvalue weighted by atomic mass is 16.7. The fourth-order valence-electron chi connectivity index (χ4n) is 2.02. The Morgan fingerprint density at radius 1 is 1.24 bits per heavy atom. The van der Waals surface area contributed by atoms with Gasteiger partial charge < -0.3 is 20.1 Å². The molecule has 0 aromatic heterocycles. The Bertz CT molecular complexity index is 212. The van der Waals surface area contributed by atoms with E-state index < -0.39 is 0 Å². The van der Waals surface area contributed by atoms with E-state index in [1.165, 1.54) is 12.8 Å². The molecule has 0 saturated heterocycles. The van der Waals surface area contributed by atoms with Crippen molar-refractivity contribution in [2.75, 3.05) is 19.8 Å². The third-order valence-corrected chi connectivity index (χ3v) is 2.82. The maximum atomic E-state index is 11.6. The average Bonchev–Trinajstić information content (AvgIpc) is 2.79. The summed E-state index contributed by atoms with van der Waals surface area (Å²) in [7, 11) is 0. The molecule has 1 rings (SSSR count). The van der Waals surface area contributed by atoms with Gasteiger partial charge in [-0.3, -0.25) is 0 Å². The molecule has 1 saturated carbocycles. The molecule has 2 amide bonds. The average molecular weight is 244 g/mol. The van der Waals surface area contributed by atoms with Crippen molar-refractivity contribution in [3.63, 3.8) is 0 Å². The van der Waals surface area contributed by atoms with Gasteiger partial charge in [-0.2, -0.15) is 0 Å². The first-order valence-electron chi connectivity index (χ1n) is 6.53. The molecule has 0 bridgehead atoms. The Hall–Kier alpha value is -0.810. The molecule has 0 aromatic carbocycles. The van der Waals surface area contributed by atoms with Gasteiger partial charge in [0.2, 0.25) is 0 Å². The van der Waals surface area contributed by atoms with E-state index in [2.05, 4.69) is 10.6 Å². The Morgan fingerprint density at radius 2 is 1.82 bits per heavy atom. The lowest BCUT2D eigenvalue weighted by Gasteiger charge is -2.18. The van der Waals surface area contributed by atoms with Crippen LogP contribution in [0.2, 0.25) is 0 Å². The van der Waals surface area contributed by atoms with E-state index in [1.807, 2.05) is 13.8 Å². The molecule has 0 atom stereocenters. The zero-order valence-corrected chi connectivity index (χ0v) is 10.8. The molecule has 100 valence electrons.